The van der Waals surface area contributed by atoms with Gasteiger partial charge in [0.2, 0.25) is 0 Å². The van der Waals surface area contributed by atoms with Crippen molar-refractivity contribution in [2.45, 2.75) is 6.92 Å². The highest BCUT2D eigenvalue weighted by Gasteiger charge is 2.08. The molecule has 0 aliphatic rings. The summed E-state index contributed by atoms with van der Waals surface area (Å²) in [5, 5.41) is 3.25. The van der Waals surface area contributed by atoms with Gasteiger partial charge in [0.15, 0.2) is 0 Å². The molecule has 0 aliphatic heterocycles. The summed E-state index contributed by atoms with van der Waals surface area (Å²) in [7, 11) is 0. The highest BCUT2D eigenvalue weighted by atomic mass is 35.5. The number of amides is 1. The van der Waals surface area contributed by atoms with Gasteiger partial charge in [0.1, 0.15) is 0 Å². The summed E-state index contributed by atoms with van der Waals surface area (Å²) in [5.74, 6) is -0.227. The van der Waals surface area contributed by atoms with Crippen LogP contribution in [-0.2, 0) is 0 Å². The van der Waals surface area contributed by atoms with Gasteiger partial charge >= 0.3 is 0 Å². The van der Waals surface area contributed by atoms with Crippen molar-refractivity contribution in [3.63, 3.8) is 0 Å². The molecule has 0 aliphatic carbocycles. The number of para-hydroxylation sites is 1. The SMILES string of the molecule is Cc1ccc(C(=O)Nc2ccccc2Cl)cc1N. The number of hydrogen-bond donors (Lipinski definition) is 2. The third kappa shape index (κ3) is 2.63. The van der Waals surface area contributed by atoms with Crippen LogP contribution < -0.4 is 11.1 Å². The van der Waals surface area contributed by atoms with Crippen LogP contribution >= 0.6 is 11.6 Å². The number of carbonyl (C=O) groups is 1. The molecule has 0 atom stereocenters. The average Bonchev–Trinajstić information content (AvgIpc) is 2.35. The van der Waals surface area contributed by atoms with Crippen LogP contribution in [0.3, 0.4) is 0 Å². The molecule has 0 radical (unpaired) electrons. The van der Waals surface area contributed by atoms with E-state index >= 15 is 0 Å². The lowest BCUT2D eigenvalue weighted by atomic mass is 10.1. The Morgan fingerprint density at radius 2 is 1.94 bits per heavy atom. The van der Waals surface area contributed by atoms with Gasteiger partial charge in [-0.2, -0.15) is 0 Å². The third-order valence-electron chi connectivity index (χ3n) is 2.66. The minimum absolute atomic E-state index is 0.227. The molecule has 2 aromatic rings. The number of nitrogens with one attached hydrogen (secondary N) is 1. The Morgan fingerprint density at radius 3 is 2.61 bits per heavy atom. The number of nitrogen functional groups attached to an aromatic ring is 1. The van der Waals surface area contributed by atoms with Crippen molar-refractivity contribution in [3.05, 3.63) is 58.6 Å². The monoisotopic (exact) mass is 260 g/mol. The number of anilines is 2. The zero-order chi connectivity index (χ0) is 13.1. The summed E-state index contributed by atoms with van der Waals surface area (Å²) in [6.07, 6.45) is 0. The lowest BCUT2D eigenvalue weighted by Crippen LogP contribution is -2.12. The summed E-state index contributed by atoms with van der Waals surface area (Å²) in [5.41, 5.74) is 8.42. The minimum Gasteiger partial charge on any atom is -0.398 e. The standard InChI is InChI=1S/C14H13ClN2O/c1-9-6-7-10(8-12(9)16)14(18)17-13-5-3-2-4-11(13)15/h2-8H,16H2,1H3,(H,17,18). The Balaban J connectivity index is 2.22. The van der Waals surface area contributed by atoms with Crippen LogP contribution in [0.5, 0.6) is 0 Å². The molecular weight excluding hydrogens is 248 g/mol. The van der Waals surface area contributed by atoms with Gasteiger partial charge < -0.3 is 11.1 Å². The molecule has 0 heterocycles. The maximum atomic E-state index is 12.0. The third-order valence-corrected chi connectivity index (χ3v) is 2.99. The first-order valence-corrected chi connectivity index (χ1v) is 5.88. The average molecular weight is 261 g/mol. The molecule has 0 unspecified atom stereocenters. The van der Waals surface area contributed by atoms with E-state index in [-0.39, 0.29) is 5.91 Å². The molecule has 0 fully saturated rings. The van der Waals surface area contributed by atoms with E-state index in [9.17, 15) is 4.79 Å². The minimum atomic E-state index is -0.227. The van der Waals surface area contributed by atoms with Gasteiger partial charge in [0.05, 0.1) is 10.7 Å². The van der Waals surface area contributed by atoms with Crippen LogP contribution in [0.1, 0.15) is 15.9 Å². The normalized spacial score (nSPS) is 10.1. The second-order valence-electron chi connectivity index (χ2n) is 4.01. The number of aryl methyl sites for hydroxylation is 1. The maximum absolute atomic E-state index is 12.0. The summed E-state index contributed by atoms with van der Waals surface area (Å²) in [6.45, 7) is 1.89. The first-order chi connectivity index (χ1) is 8.58. The fraction of sp³-hybridized carbons (Fsp3) is 0.0714. The summed E-state index contributed by atoms with van der Waals surface area (Å²) >= 11 is 5.97. The largest absolute Gasteiger partial charge is 0.398 e. The van der Waals surface area contributed by atoms with E-state index in [1.165, 1.54) is 0 Å². The first-order valence-electron chi connectivity index (χ1n) is 5.50. The van der Waals surface area contributed by atoms with E-state index < -0.39 is 0 Å². The summed E-state index contributed by atoms with van der Waals surface area (Å²) in [4.78, 5) is 12.0. The molecule has 1 amide bonds. The molecule has 0 saturated carbocycles. The molecule has 3 N–H and O–H groups in total. The molecule has 0 bridgehead atoms. The van der Waals surface area contributed by atoms with E-state index in [0.29, 0.717) is 22.0 Å². The summed E-state index contributed by atoms with van der Waals surface area (Å²) < 4.78 is 0. The van der Waals surface area contributed by atoms with Crippen molar-refractivity contribution < 1.29 is 4.79 Å². The predicted molar refractivity (Wildman–Crippen MR) is 75.0 cm³/mol. The highest BCUT2D eigenvalue weighted by Crippen LogP contribution is 2.21. The molecule has 3 nitrogen and oxygen atoms in total. The smallest absolute Gasteiger partial charge is 0.255 e. The van der Waals surface area contributed by atoms with Crippen molar-refractivity contribution in [1.29, 1.82) is 0 Å². The Hall–Kier alpha value is -2.00. The van der Waals surface area contributed by atoms with E-state index in [4.69, 9.17) is 17.3 Å². The van der Waals surface area contributed by atoms with Crippen molar-refractivity contribution in [3.8, 4) is 0 Å². The molecule has 0 aromatic heterocycles. The van der Waals surface area contributed by atoms with Gasteiger partial charge in [-0.1, -0.05) is 29.8 Å². The van der Waals surface area contributed by atoms with Crippen molar-refractivity contribution in [2.75, 3.05) is 11.1 Å². The number of nitrogens with two attached hydrogens (primary N) is 1. The molecule has 18 heavy (non-hydrogen) atoms. The highest BCUT2D eigenvalue weighted by molar-refractivity contribution is 6.33. The number of benzene rings is 2. The molecule has 2 aromatic carbocycles. The predicted octanol–water partition coefficient (Wildman–Crippen LogP) is 3.48. The van der Waals surface area contributed by atoms with Crippen molar-refractivity contribution >= 4 is 28.9 Å². The lowest BCUT2D eigenvalue weighted by Gasteiger charge is -2.08. The van der Waals surface area contributed by atoms with E-state index in [0.717, 1.165) is 5.56 Å². The fourth-order valence-corrected chi connectivity index (χ4v) is 1.72. The van der Waals surface area contributed by atoms with Crippen LogP contribution in [0.4, 0.5) is 11.4 Å². The number of rotatable bonds is 2. The zero-order valence-corrected chi connectivity index (χ0v) is 10.7. The van der Waals surface area contributed by atoms with Gasteiger partial charge in [-0.25, -0.2) is 0 Å². The summed E-state index contributed by atoms with van der Waals surface area (Å²) in [6, 6.07) is 12.3. The van der Waals surface area contributed by atoms with E-state index in [1.54, 1.807) is 24.3 Å². The quantitative estimate of drug-likeness (QED) is 0.812. The van der Waals surface area contributed by atoms with E-state index in [2.05, 4.69) is 5.32 Å². The van der Waals surface area contributed by atoms with Crippen molar-refractivity contribution in [1.82, 2.24) is 0 Å². The lowest BCUT2D eigenvalue weighted by molar-refractivity contribution is 0.102. The van der Waals surface area contributed by atoms with Gasteiger partial charge in [-0.15, -0.1) is 0 Å². The Morgan fingerprint density at radius 1 is 1.22 bits per heavy atom. The maximum Gasteiger partial charge on any atom is 0.255 e. The first kappa shape index (κ1) is 12.5. The topological polar surface area (TPSA) is 55.1 Å². The number of halogens is 1. The number of hydrogen-bond acceptors (Lipinski definition) is 2. The molecule has 4 heteroatoms. The van der Waals surface area contributed by atoms with Crippen molar-refractivity contribution in [2.24, 2.45) is 0 Å². The van der Waals surface area contributed by atoms with Gasteiger partial charge in [0, 0.05) is 11.3 Å². The second-order valence-corrected chi connectivity index (χ2v) is 4.41. The second kappa shape index (κ2) is 5.10. The van der Waals surface area contributed by atoms with Crippen LogP contribution in [0.15, 0.2) is 42.5 Å². The van der Waals surface area contributed by atoms with Crippen LogP contribution in [0, 0.1) is 6.92 Å². The molecule has 2 rings (SSSR count). The Kier molecular flexibility index (Phi) is 3.53. The molecular formula is C14H13ClN2O. The van der Waals surface area contributed by atoms with Crippen LogP contribution in [0.25, 0.3) is 0 Å². The van der Waals surface area contributed by atoms with Gasteiger partial charge in [-0.3, -0.25) is 4.79 Å². The molecule has 0 saturated heterocycles. The van der Waals surface area contributed by atoms with Crippen LogP contribution in [0.2, 0.25) is 5.02 Å². The van der Waals surface area contributed by atoms with Gasteiger partial charge in [0.25, 0.3) is 5.91 Å². The zero-order valence-electron chi connectivity index (χ0n) is 9.91. The number of carbonyl (C=O) groups excluding carboxylic acids is 1. The molecule has 0 spiro atoms. The van der Waals surface area contributed by atoms with Gasteiger partial charge in [-0.05, 0) is 36.8 Å². The Labute approximate surface area is 111 Å². The van der Waals surface area contributed by atoms with Crippen LogP contribution in [-0.4, -0.2) is 5.91 Å². The molecule has 92 valence electrons. The Bertz CT molecular complexity index is 596. The fourth-order valence-electron chi connectivity index (χ4n) is 1.54. The van der Waals surface area contributed by atoms with E-state index in [1.807, 2.05) is 25.1 Å².